The zero-order valence-electron chi connectivity index (χ0n) is 21.5. The number of hydrogen-bond acceptors (Lipinski definition) is 6. The maximum absolute atomic E-state index is 12.5. The predicted molar refractivity (Wildman–Crippen MR) is 152 cm³/mol. The van der Waals surface area contributed by atoms with Crippen LogP contribution in [0.1, 0.15) is 30.5 Å². The normalized spacial score (nSPS) is 16.0. The summed E-state index contributed by atoms with van der Waals surface area (Å²) in [5.74, 6) is 0.949. The van der Waals surface area contributed by atoms with Crippen molar-refractivity contribution in [3.8, 4) is 5.75 Å². The van der Waals surface area contributed by atoms with Crippen LogP contribution in [0.3, 0.4) is 0 Å². The van der Waals surface area contributed by atoms with Crippen LogP contribution < -0.4 is 14.8 Å². The second-order valence-corrected chi connectivity index (χ2v) is 12.1. The van der Waals surface area contributed by atoms with E-state index in [9.17, 15) is 26.4 Å². The number of nitrogens with zero attached hydrogens (tertiary/aromatic N) is 1. The van der Waals surface area contributed by atoms with Gasteiger partial charge in [0.05, 0.1) is 10.6 Å². The van der Waals surface area contributed by atoms with E-state index in [-0.39, 0.29) is 16.8 Å². The molecule has 1 amide bonds. The SMILES string of the molecule is CC(C)Cc1ccc(COc2ccc(/C=C3/SC(=Nc4ccc(NS(=O)(=O)C(F)(F)F)cc4)NC3=O)cc2)cc1. The van der Waals surface area contributed by atoms with Crippen LogP contribution in [-0.2, 0) is 27.8 Å². The lowest BCUT2D eigenvalue weighted by Crippen LogP contribution is -2.29. The lowest BCUT2D eigenvalue weighted by atomic mass is 10.0. The minimum absolute atomic E-state index is 0.267. The van der Waals surface area contributed by atoms with Crippen molar-refractivity contribution in [1.29, 1.82) is 0 Å². The molecule has 0 aromatic heterocycles. The molecule has 12 heteroatoms. The number of halogens is 3. The Hall–Kier alpha value is -3.77. The molecule has 210 valence electrons. The van der Waals surface area contributed by atoms with Crippen LogP contribution in [0.5, 0.6) is 5.75 Å². The number of rotatable bonds is 9. The molecule has 3 aromatic rings. The number of hydrogen-bond donors (Lipinski definition) is 2. The summed E-state index contributed by atoms with van der Waals surface area (Å²) in [5.41, 5.74) is -2.22. The lowest BCUT2D eigenvalue weighted by Gasteiger charge is -2.10. The monoisotopic (exact) mass is 589 g/mol. The first-order valence-electron chi connectivity index (χ1n) is 12.2. The molecule has 1 saturated heterocycles. The number of benzene rings is 3. The van der Waals surface area contributed by atoms with Crippen molar-refractivity contribution in [2.24, 2.45) is 10.9 Å². The molecule has 7 nitrogen and oxygen atoms in total. The number of anilines is 1. The molecule has 40 heavy (non-hydrogen) atoms. The van der Waals surface area contributed by atoms with Crippen molar-refractivity contribution in [3.05, 3.63) is 94.4 Å². The predicted octanol–water partition coefficient (Wildman–Crippen LogP) is 6.62. The molecular weight excluding hydrogens is 563 g/mol. The highest BCUT2D eigenvalue weighted by Gasteiger charge is 2.46. The average molecular weight is 590 g/mol. The Balaban J connectivity index is 1.34. The van der Waals surface area contributed by atoms with E-state index < -0.39 is 15.5 Å². The van der Waals surface area contributed by atoms with Crippen LogP contribution in [0.4, 0.5) is 24.5 Å². The van der Waals surface area contributed by atoms with E-state index in [1.807, 2.05) is 24.3 Å². The van der Waals surface area contributed by atoms with Crippen molar-refractivity contribution in [2.45, 2.75) is 32.4 Å². The number of sulfonamides is 1. The molecule has 2 N–H and O–H groups in total. The molecule has 0 radical (unpaired) electrons. The third-order valence-corrected chi connectivity index (χ3v) is 7.58. The Morgan fingerprint density at radius 3 is 2.20 bits per heavy atom. The molecule has 0 bridgehead atoms. The molecule has 0 spiro atoms. The first-order chi connectivity index (χ1) is 18.9. The first kappa shape index (κ1) is 29.2. The number of alkyl halides is 3. The quantitative estimate of drug-likeness (QED) is 0.274. The van der Waals surface area contributed by atoms with Crippen molar-refractivity contribution in [2.75, 3.05) is 4.72 Å². The summed E-state index contributed by atoms with van der Waals surface area (Å²) in [4.78, 5) is 17.1. The van der Waals surface area contributed by atoms with Gasteiger partial charge in [-0.2, -0.15) is 21.6 Å². The number of thioether (sulfide) groups is 1. The maximum atomic E-state index is 12.5. The van der Waals surface area contributed by atoms with Gasteiger partial charge in [-0.25, -0.2) is 4.99 Å². The summed E-state index contributed by atoms with van der Waals surface area (Å²) in [6.07, 6.45) is 2.74. The van der Waals surface area contributed by atoms with Crippen LogP contribution in [0.25, 0.3) is 6.08 Å². The molecule has 1 aliphatic heterocycles. The third-order valence-electron chi connectivity index (χ3n) is 5.56. The molecule has 3 aromatic carbocycles. The highest BCUT2D eigenvalue weighted by Crippen LogP contribution is 2.30. The highest BCUT2D eigenvalue weighted by atomic mass is 32.2. The molecule has 0 atom stereocenters. The Morgan fingerprint density at radius 1 is 0.975 bits per heavy atom. The number of ether oxygens (including phenoxy) is 1. The van der Waals surface area contributed by atoms with E-state index >= 15 is 0 Å². The van der Waals surface area contributed by atoms with Gasteiger partial charge in [-0.3, -0.25) is 9.52 Å². The molecular formula is C28H26F3N3O4S2. The number of aliphatic imine (C=N–C) groups is 1. The van der Waals surface area contributed by atoms with Crippen LogP contribution in [-0.4, -0.2) is 25.0 Å². The fourth-order valence-corrected chi connectivity index (χ4v) is 5.04. The van der Waals surface area contributed by atoms with E-state index in [0.717, 1.165) is 41.4 Å². The Labute approximate surface area is 234 Å². The lowest BCUT2D eigenvalue weighted by molar-refractivity contribution is -0.115. The zero-order chi connectivity index (χ0) is 28.9. The van der Waals surface area contributed by atoms with Gasteiger partial charge < -0.3 is 10.1 Å². The molecule has 1 heterocycles. The summed E-state index contributed by atoms with van der Waals surface area (Å²) in [6.45, 7) is 4.82. The van der Waals surface area contributed by atoms with Crippen molar-refractivity contribution in [3.63, 3.8) is 0 Å². The summed E-state index contributed by atoms with van der Waals surface area (Å²) in [7, 11) is -5.52. The zero-order valence-corrected chi connectivity index (χ0v) is 23.2. The number of amidine groups is 1. The first-order valence-corrected chi connectivity index (χ1v) is 14.5. The fourth-order valence-electron chi connectivity index (χ4n) is 3.64. The molecule has 0 saturated carbocycles. The maximum Gasteiger partial charge on any atom is 0.516 e. The van der Waals surface area contributed by atoms with Gasteiger partial charge in [0.15, 0.2) is 5.17 Å². The summed E-state index contributed by atoms with van der Waals surface area (Å²) in [5, 5.41) is 2.91. The van der Waals surface area contributed by atoms with Gasteiger partial charge in [0, 0.05) is 5.69 Å². The summed E-state index contributed by atoms with van der Waals surface area (Å²) >= 11 is 1.10. The molecule has 1 aliphatic rings. The third kappa shape index (κ3) is 7.89. The molecule has 1 fully saturated rings. The van der Waals surface area contributed by atoms with Crippen molar-refractivity contribution in [1.82, 2.24) is 5.32 Å². The number of carbonyl (C=O) groups excluding carboxylic acids is 1. The molecule has 0 aliphatic carbocycles. The van der Waals surface area contributed by atoms with Gasteiger partial charge in [0.2, 0.25) is 0 Å². The van der Waals surface area contributed by atoms with Gasteiger partial charge in [-0.1, -0.05) is 50.2 Å². The average Bonchev–Trinajstić information content (AvgIpc) is 3.22. The van der Waals surface area contributed by atoms with Gasteiger partial charge in [0.25, 0.3) is 5.91 Å². The van der Waals surface area contributed by atoms with Gasteiger partial charge in [0.1, 0.15) is 12.4 Å². The topological polar surface area (TPSA) is 96.9 Å². The molecule has 0 unspecified atom stereocenters. The summed E-state index contributed by atoms with van der Waals surface area (Å²) in [6, 6.07) is 20.6. The van der Waals surface area contributed by atoms with E-state index in [1.165, 1.54) is 22.4 Å². The smallest absolute Gasteiger partial charge is 0.489 e. The van der Waals surface area contributed by atoms with Crippen molar-refractivity contribution < 1.29 is 31.1 Å². The van der Waals surface area contributed by atoms with E-state index in [2.05, 4.69) is 48.4 Å². The number of nitrogens with one attached hydrogen (secondary N) is 2. The van der Waals surface area contributed by atoms with Crippen LogP contribution in [0.2, 0.25) is 0 Å². The Bertz CT molecular complexity index is 1520. The summed E-state index contributed by atoms with van der Waals surface area (Å²) < 4.78 is 67.4. The number of amides is 1. The van der Waals surface area contributed by atoms with E-state index in [1.54, 1.807) is 6.08 Å². The minimum Gasteiger partial charge on any atom is -0.489 e. The van der Waals surface area contributed by atoms with Crippen LogP contribution in [0.15, 0.2) is 82.7 Å². The number of carbonyl (C=O) groups is 1. The Morgan fingerprint density at radius 2 is 1.60 bits per heavy atom. The largest absolute Gasteiger partial charge is 0.516 e. The second-order valence-electron chi connectivity index (χ2n) is 9.35. The fraction of sp³-hybridized carbons (Fsp3) is 0.214. The minimum atomic E-state index is -5.52. The standard InChI is InChI=1S/C28H26F3N3O4S2/c1-18(2)15-19-3-5-21(6-4-19)17-38-24-13-7-20(8-14-24)16-25-26(35)33-27(39-25)32-22-9-11-23(12-10-22)34-40(36,37)28(29,30)31/h3-14,16,18,34H,15,17H2,1-2H3,(H,32,33,35)/b25-16+. The van der Waals surface area contributed by atoms with E-state index in [4.69, 9.17) is 4.74 Å². The van der Waals surface area contributed by atoms with Gasteiger partial charge in [-0.05, 0) is 83.3 Å². The molecule has 4 rings (SSSR count). The Kier molecular flexibility index (Phi) is 8.89. The van der Waals surface area contributed by atoms with Crippen LogP contribution in [0, 0.1) is 5.92 Å². The second kappa shape index (κ2) is 12.2. The van der Waals surface area contributed by atoms with Crippen molar-refractivity contribution >= 4 is 50.3 Å². The van der Waals surface area contributed by atoms with Gasteiger partial charge >= 0.3 is 15.5 Å². The van der Waals surface area contributed by atoms with E-state index in [0.29, 0.717) is 28.9 Å². The van der Waals surface area contributed by atoms with Crippen LogP contribution >= 0.6 is 11.8 Å². The van der Waals surface area contributed by atoms with Gasteiger partial charge in [-0.15, -0.1) is 0 Å². The highest BCUT2D eigenvalue weighted by molar-refractivity contribution is 8.18.